The summed E-state index contributed by atoms with van der Waals surface area (Å²) in [5.41, 5.74) is 0. The Balaban J connectivity index is 2.30. The average molecular weight is 332 g/mol. The number of halogens is 1. The minimum Gasteiger partial charge on any atom is -0.455 e. The molecule has 7 heteroatoms. The fourth-order valence-corrected chi connectivity index (χ4v) is 2.35. The van der Waals surface area contributed by atoms with E-state index in [1.807, 2.05) is 12.1 Å². The van der Waals surface area contributed by atoms with Crippen LogP contribution in [0.25, 0.3) is 0 Å². The molecule has 0 aliphatic rings. The zero-order valence-electron chi connectivity index (χ0n) is 11.9. The zero-order valence-corrected chi connectivity index (χ0v) is 13.5. The van der Waals surface area contributed by atoms with Gasteiger partial charge in [0, 0.05) is 23.6 Å². The average Bonchev–Trinajstić information content (AvgIpc) is 2.47. The van der Waals surface area contributed by atoms with Crippen LogP contribution >= 0.6 is 23.4 Å². The fraction of sp³-hybridized carbons (Fsp3) is 0.429. The Hall–Kier alpha value is -1.24. The molecule has 1 aromatic rings. The van der Waals surface area contributed by atoms with E-state index in [4.69, 9.17) is 21.1 Å². The number of benzene rings is 1. The van der Waals surface area contributed by atoms with E-state index in [9.17, 15) is 9.59 Å². The van der Waals surface area contributed by atoms with Crippen LogP contribution in [0.3, 0.4) is 0 Å². The van der Waals surface area contributed by atoms with E-state index in [0.717, 1.165) is 4.90 Å². The highest BCUT2D eigenvalue weighted by molar-refractivity contribution is 8.00. The lowest BCUT2D eigenvalue weighted by Gasteiger charge is -2.11. The first-order valence-corrected chi connectivity index (χ1v) is 7.63. The van der Waals surface area contributed by atoms with Gasteiger partial charge in [-0.15, -0.1) is 11.8 Å². The lowest BCUT2D eigenvalue weighted by atomic mass is 10.4. The van der Waals surface area contributed by atoms with Crippen molar-refractivity contribution in [3.63, 3.8) is 0 Å². The van der Waals surface area contributed by atoms with Gasteiger partial charge in [0.25, 0.3) is 5.91 Å². The maximum Gasteiger partial charge on any atom is 0.319 e. The number of thioether (sulfide) groups is 1. The number of ether oxygens (including phenoxy) is 2. The SMILES string of the molecule is COCCNC(=O)COC(=O)[C@H](C)Sc1ccc(Cl)cc1. The number of carbonyl (C=O) groups is 2. The van der Waals surface area contributed by atoms with Crippen molar-refractivity contribution in [1.82, 2.24) is 5.32 Å². The summed E-state index contributed by atoms with van der Waals surface area (Å²) in [7, 11) is 1.54. The summed E-state index contributed by atoms with van der Waals surface area (Å²) >= 11 is 7.14. The highest BCUT2D eigenvalue weighted by Crippen LogP contribution is 2.25. The van der Waals surface area contributed by atoms with Crippen LogP contribution in [0.15, 0.2) is 29.2 Å². The molecular weight excluding hydrogens is 314 g/mol. The molecule has 0 heterocycles. The molecule has 0 aliphatic heterocycles. The van der Waals surface area contributed by atoms with E-state index in [2.05, 4.69) is 5.32 Å². The second-order valence-corrected chi connectivity index (χ2v) is 6.02. The van der Waals surface area contributed by atoms with Crippen molar-refractivity contribution in [2.24, 2.45) is 0 Å². The topological polar surface area (TPSA) is 64.6 Å². The summed E-state index contributed by atoms with van der Waals surface area (Å²) in [5.74, 6) is -0.777. The third kappa shape index (κ3) is 7.36. The quantitative estimate of drug-likeness (QED) is 0.449. The first-order valence-electron chi connectivity index (χ1n) is 6.37. The van der Waals surface area contributed by atoms with Crippen LogP contribution in [0.5, 0.6) is 0 Å². The molecule has 0 saturated carbocycles. The first kappa shape index (κ1) is 17.8. The summed E-state index contributed by atoms with van der Waals surface area (Å²) in [6.45, 7) is 2.25. The molecular formula is C14H18ClNO4S. The normalized spacial score (nSPS) is 11.8. The Labute approximate surface area is 133 Å². The van der Waals surface area contributed by atoms with Gasteiger partial charge >= 0.3 is 5.97 Å². The van der Waals surface area contributed by atoms with Crippen molar-refractivity contribution >= 4 is 35.2 Å². The Morgan fingerprint density at radius 3 is 2.62 bits per heavy atom. The molecule has 1 rings (SSSR count). The molecule has 0 fully saturated rings. The Bertz CT molecular complexity index is 467. The number of amides is 1. The van der Waals surface area contributed by atoms with Crippen LogP contribution in [0, 0.1) is 0 Å². The molecule has 0 aliphatic carbocycles. The zero-order chi connectivity index (χ0) is 15.7. The molecule has 0 aromatic heterocycles. The van der Waals surface area contributed by atoms with Crippen LogP contribution in [0.4, 0.5) is 0 Å². The molecule has 1 N–H and O–H groups in total. The third-order valence-corrected chi connectivity index (χ3v) is 3.77. The van der Waals surface area contributed by atoms with Crippen molar-refractivity contribution in [3.05, 3.63) is 29.3 Å². The second kappa shape index (κ2) is 9.65. The van der Waals surface area contributed by atoms with Crippen molar-refractivity contribution in [2.45, 2.75) is 17.1 Å². The van der Waals surface area contributed by atoms with E-state index >= 15 is 0 Å². The van der Waals surface area contributed by atoms with Crippen LogP contribution < -0.4 is 5.32 Å². The Morgan fingerprint density at radius 1 is 1.33 bits per heavy atom. The van der Waals surface area contributed by atoms with Gasteiger partial charge in [0.1, 0.15) is 5.25 Å². The first-order chi connectivity index (χ1) is 10.0. The molecule has 1 amide bonds. The third-order valence-electron chi connectivity index (χ3n) is 2.43. The maximum absolute atomic E-state index is 11.8. The van der Waals surface area contributed by atoms with Crippen molar-refractivity contribution in [2.75, 3.05) is 26.9 Å². The molecule has 116 valence electrons. The molecule has 0 spiro atoms. The molecule has 0 radical (unpaired) electrons. The van der Waals surface area contributed by atoms with Crippen molar-refractivity contribution < 1.29 is 19.1 Å². The summed E-state index contributed by atoms with van der Waals surface area (Å²) in [4.78, 5) is 24.1. The largest absolute Gasteiger partial charge is 0.455 e. The number of nitrogens with one attached hydrogen (secondary N) is 1. The molecule has 21 heavy (non-hydrogen) atoms. The maximum atomic E-state index is 11.8. The van der Waals surface area contributed by atoms with Crippen LogP contribution in [0.1, 0.15) is 6.92 Å². The predicted octanol–water partition coefficient (Wildman–Crippen LogP) is 2.13. The van der Waals surface area contributed by atoms with Crippen molar-refractivity contribution in [3.8, 4) is 0 Å². The Morgan fingerprint density at radius 2 is 2.00 bits per heavy atom. The number of hydrogen-bond acceptors (Lipinski definition) is 5. The van der Waals surface area contributed by atoms with Gasteiger partial charge in [-0.05, 0) is 31.2 Å². The van der Waals surface area contributed by atoms with Gasteiger partial charge in [-0.25, -0.2) is 0 Å². The van der Waals surface area contributed by atoms with Crippen LogP contribution in [-0.4, -0.2) is 44.0 Å². The van der Waals surface area contributed by atoms with Gasteiger partial charge in [0.15, 0.2) is 6.61 Å². The van der Waals surface area contributed by atoms with E-state index in [0.29, 0.717) is 18.2 Å². The predicted molar refractivity (Wildman–Crippen MR) is 82.6 cm³/mol. The molecule has 1 aromatic carbocycles. The summed E-state index contributed by atoms with van der Waals surface area (Å²) < 4.78 is 9.75. The monoisotopic (exact) mass is 331 g/mol. The van der Waals surface area contributed by atoms with E-state index in [-0.39, 0.29) is 12.5 Å². The summed E-state index contributed by atoms with van der Waals surface area (Å²) in [6, 6.07) is 7.17. The number of rotatable bonds is 8. The van der Waals surface area contributed by atoms with Gasteiger partial charge in [-0.1, -0.05) is 11.6 Å². The molecule has 0 bridgehead atoms. The minimum atomic E-state index is -0.433. The molecule has 5 nitrogen and oxygen atoms in total. The van der Waals surface area contributed by atoms with Gasteiger partial charge in [0.05, 0.1) is 6.61 Å². The standard InChI is InChI=1S/C14H18ClNO4S/c1-10(21-12-5-3-11(15)4-6-12)14(18)20-9-13(17)16-7-8-19-2/h3-6,10H,7-9H2,1-2H3,(H,16,17)/t10-/m0/s1. The van der Waals surface area contributed by atoms with Gasteiger partial charge < -0.3 is 14.8 Å². The number of hydrogen-bond donors (Lipinski definition) is 1. The highest BCUT2D eigenvalue weighted by atomic mass is 35.5. The number of carbonyl (C=O) groups excluding carboxylic acids is 2. The van der Waals surface area contributed by atoms with E-state index in [1.54, 1.807) is 26.2 Å². The van der Waals surface area contributed by atoms with E-state index in [1.165, 1.54) is 11.8 Å². The van der Waals surface area contributed by atoms with Crippen LogP contribution in [0.2, 0.25) is 5.02 Å². The van der Waals surface area contributed by atoms with E-state index < -0.39 is 11.2 Å². The van der Waals surface area contributed by atoms with Gasteiger partial charge in [-0.3, -0.25) is 9.59 Å². The summed E-state index contributed by atoms with van der Waals surface area (Å²) in [5, 5.41) is 2.81. The van der Waals surface area contributed by atoms with Gasteiger partial charge in [-0.2, -0.15) is 0 Å². The smallest absolute Gasteiger partial charge is 0.319 e. The van der Waals surface area contributed by atoms with Crippen molar-refractivity contribution in [1.29, 1.82) is 0 Å². The lowest BCUT2D eigenvalue weighted by molar-refractivity contribution is -0.147. The van der Waals surface area contributed by atoms with Gasteiger partial charge in [0.2, 0.25) is 0 Å². The van der Waals surface area contributed by atoms with Crippen LogP contribution in [-0.2, 0) is 19.1 Å². The molecule has 0 unspecified atom stereocenters. The second-order valence-electron chi connectivity index (χ2n) is 4.16. The number of esters is 1. The lowest BCUT2D eigenvalue weighted by Crippen LogP contribution is -2.32. The molecule has 0 saturated heterocycles. The molecule has 1 atom stereocenters. The highest BCUT2D eigenvalue weighted by Gasteiger charge is 2.17. The fourth-order valence-electron chi connectivity index (χ4n) is 1.36. The number of methoxy groups -OCH3 is 1. The minimum absolute atomic E-state index is 0.284. The summed E-state index contributed by atoms with van der Waals surface area (Å²) in [6.07, 6.45) is 0. The Kier molecular flexibility index (Phi) is 8.19.